The quantitative estimate of drug-likeness (QED) is 0.628. The second-order valence-electron chi connectivity index (χ2n) is 2.80. The molecule has 6 heteroatoms. The van der Waals surface area contributed by atoms with Gasteiger partial charge in [0.05, 0.1) is 18.2 Å². The van der Waals surface area contributed by atoms with E-state index in [4.69, 9.17) is 5.26 Å². The lowest BCUT2D eigenvalue weighted by atomic mass is 10.4. The van der Waals surface area contributed by atoms with Crippen LogP contribution < -0.4 is 5.32 Å². The van der Waals surface area contributed by atoms with Gasteiger partial charge in [0.2, 0.25) is 5.91 Å². The Morgan fingerprint density at radius 2 is 2.60 bits per heavy atom. The van der Waals surface area contributed by atoms with E-state index in [-0.39, 0.29) is 5.91 Å². The van der Waals surface area contributed by atoms with Crippen molar-refractivity contribution in [3.63, 3.8) is 0 Å². The Morgan fingerprint density at radius 1 is 1.80 bits per heavy atom. The van der Waals surface area contributed by atoms with Gasteiger partial charge in [0.15, 0.2) is 4.34 Å². The number of aromatic nitrogens is 1. The monoisotopic (exact) mass is 241 g/mol. The first kappa shape index (κ1) is 12.0. The molecule has 15 heavy (non-hydrogen) atoms. The molecule has 80 valence electrons. The molecule has 0 radical (unpaired) electrons. The van der Waals surface area contributed by atoms with Gasteiger partial charge in [-0.05, 0) is 6.92 Å². The number of thioether (sulfide) groups is 1. The third kappa shape index (κ3) is 4.81. The predicted octanol–water partition coefficient (Wildman–Crippen LogP) is 1.57. The molecule has 0 saturated carbocycles. The lowest BCUT2D eigenvalue weighted by molar-refractivity contribution is -0.118. The molecule has 1 amide bonds. The van der Waals surface area contributed by atoms with E-state index in [1.807, 2.05) is 18.4 Å². The van der Waals surface area contributed by atoms with Gasteiger partial charge in [0.25, 0.3) is 0 Å². The number of aryl methyl sites for hydroxylation is 1. The maximum atomic E-state index is 11.2. The average molecular weight is 241 g/mol. The topological polar surface area (TPSA) is 65.8 Å². The molecule has 0 aliphatic heterocycles. The Kier molecular flexibility index (Phi) is 5.15. The first-order chi connectivity index (χ1) is 7.22. The number of hydrogen-bond donors (Lipinski definition) is 1. The summed E-state index contributed by atoms with van der Waals surface area (Å²) in [5, 5.41) is 12.9. The normalized spacial score (nSPS) is 9.60. The van der Waals surface area contributed by atoms with Crippen LogP contribution in [0.25, 0.3) is 0 Å². The number of amides is 1. The molecule has 0 spiro atoms. The van der Waals surface area contributed by atoms with E-state index in [9.17, 15) is 4.79 Å². The second kappa shape index (κ2) is 6.43. The average Bonchev–Trinajstić information content (AvgIpc) is 2.62. The van der Waals surface area contributed by atoms with Crippen molar-refractivity contribution >= 4 is 29.0 Å². The number of hydrogen-bond acceptors (Lipinski definition) is 5. The highest BCUT2D eigenvalue weighted by molar-refractivity contribution is 8.01. The van der Waals surface area contributed by atoms with Gasteiger partial charge in [0, 0.05) is 17.6 Å². The summed E-state index contributed by atoms with van der Waals surface area (Å²) >= 11 is 2.96. The van der Waals surface area contributed by atoms with Crippen LogP contribution >= 0.6 is 23.1 Å². The molecule has 0 fully saturated rings. The van der Waals surface area contributed by atoms with Crippen LogP contribution in [-0.2, 0) is 4.79 Å². The molecule has 0 saturated heterocycles. The number of thiazole rings is 1. The number of nitrogens with one attached hydrogen (secondary N) is 1. The molecule has 0 unspecified atom stereocenters. The van der Waals surface area contributed by atoms with E-state index in [2.05, 4.69) is 10.3 Å². The van der Waals surface area contributed by atoms with Crippen molar-refractivity contribution in [1.82, 2.24) is 10.3 Å². The lowest BCUT2D eigenvalue weighted by Gasteiger charge is -2.00. The minimum absolute atomic E-state index is 0.0527. The van der Waals surface area contributed by atoms with Gasteiger partial charge in [0.1, 0.15) is 0 Å². The number of carbonyl (C=O) groups is 1. The molecule has 0 aliphatic carbocycles. The molecule has 4 nitrogen and oxygen atoms in total. The van der Waals surface area contributed by atoms with Gasteiger partial charge in [-0.2, -0.15) is 5.26 Å². The molecule has 1 rings (SSSR count). The smallest absolute Gasteiger partial charge is 0.230 e. The van der Waals surface area contributed by atoms with Gasteiger partial charge in [-0.3, -0.25) is 4.79 Å². The SMILES string of the molecule is Cc1csc(SCC(=O)NCCC#N)n1. The fourth-order valence-corrected chi connectivity index (χ4v) is 2.51. The van der Waals surface area contributed by atoms with Crippen LogP contribution in [0.2, 0.25) is 0 Å². The van der Waals surface area contributed by atoms with Crippen LogP contribution in [0.5, 0.6) is 0 Å². The Labute approximate surface area is 96.7 Å². The molecular formula is C9H11N3OS2. The van der Waals surface area contributed by atoms with Crippen molar-refractivity contribution < 1.29 is 4.79 Å². The minimum Gasteiger partial charge on any atom is -0.354 e. The fourth-order valence-electron chi connectivity index (χ4n) is 0.835. The standard InChI is InChI=1S/C9H11N3OS2/c1-7-5-14-9(12-7)15-6-8(13)11-4-2-3-10/h5H,2,4,6H2,1H3,(H,11,13). The Balaban J connectivity index is 2.20. The highest BCUT2D eigenvalue weighted by atomic mass is 32.2. The zero-order chi connectivity index (χ0) is 11.1. The number of rotatable bonds is 5. The largest absolute Gasteiger partial charge is 0.354 e. The maximum Gasteiger partial charge on any atom is 0.230 e. The van der Waals surface area contributed by atoms with Gasteiger partial charge < -0.3 is 5.32 Å². The van der Waals surface area contributed by atoms with Crippen molar-refractivity contribution in [2.24, 2.45) is 0 Å². The molecule has 0 bridgehead atoms. The van der Waals surface area contributed by atoms with Crippen molar-refractivity contribution in [3.05, 3.63) is 11.1 Å². The summed E-state index contributed by atoms with van der Waals surface area (Å²) in [5.74, 6) is 0.307. The Hall–Kier alpha value is -1.06. The van der Waals surface area contributed by atoms with Crippen LogP contribution in [0.3, 0.4) is 0 Å². The Morgan fingerprint density at radius 3 is 3.20 bits per heavy atom. The molecule has 1 aromatic heterocycles. The van der Waals surface area contributed by atoms with Crippen LogP contribution in [-0.4, -0.2) is 23.2 Å². The van der Waals surface area contributed by atoms with E-state index in [0.29, 0.717) is 18.7 Å². The van der Waals surface area contributed by atoms with E-state index in [0.717, 1.165) is 10.0 Å². The van der Waals surface area contributed by atoms with Crippen LogP contribution in [0.1, 0.15) is 12.1 Å². The molecule has 1 heterocycles. The zero-order valence-electron chi connectivity index (χ0n) is 8.32. The first-order valence-electron chi connectivity index (χ1n) is 4.41. The highest BCUT2D eigenvalue weighted by Crippen LogP contribution is 2.21. The number of nitrogens with zero attached hydrogens (tertiary/aromatic N) is 2. The maximum absolute atomic E-state index is 11.2. The summed E-state index contributed by atoms with van der Waals surface area (Å²) in [5.41, 5.74) is 0.979. The van der Waals surface area contributed by atoms with Gasteiger partial charge in [-0.15, -0.1) is 11.3 Å². The summed E-state index contributed by atoms with van der Waals surface area (Å²) in [7, 11) is 0. The third-order valence-corrected chi connectivity index (χ3v) is 3.62. The predicted molar refractivity (Wildman–Crippen MR) is 60.8 cm³/mol. The summed E-state index contributed by atoms with van der Waals surface area (Å²) in [6.45, 7) is 2.35. The van der Waals surface area contributed by atoms with Gasteiger partial charge >= 0.3 is 0 Å². The third-order valence-electron chi connectivity index (χ3n) is 1.48. The molecule has 1 N–H and O–H groups in total. The van der Waals surface area contributed by atoms with E-state index < -0.39 is 0 Å². The van der Waals surface area contributed by atoms with Crippen molar-refractivity contribution in [2.45, 2.75) is 17.7 Å². The van der Waals surface area contributed by atoms with E-state index >= 15 is 0 Å². The van der Waals surface area contributed by atoms with Crippen LogP contribution in [0.15, 0.2) is 9.72 Å². The summed E-state index contributed by atoms with van der Waals surface area (Å²) in [6, 6.07) is 1.97. The lowest BCUT2D eigenvalue weighted by Crippen LogP contribution is -2.25. The molecule has 1 aromatic rings. The second-order valence-corrected chi connectivity index (χ2v) is 4.88. The van der Waals surface area contributed by atoms with Crippen molar-refractivity contribution in [2.75, 3.05) is 12.3 Å². The van der Waals surface area contributed by atoms with Crippen LogP contribution in [0.4, 0.5) is 0 Å². The van der Waals surface area contributed by atoms with Gasteiger partial charge in [-0.25, -0.2) is 4.98 Å². The van der Waals surface area contributed by atoms with Crippen LogP contribution in [0, 0.1) is 18.3 Å². The highest BCUT2D eigenvalue weighted by Gasteiger charge is 2.04. The first-order valence-corrected chi connectivity index (χ1v) is 6.27. The molecular weight excluding hydrogens is 230 g/mol. The molecule has 0 aromatic carbocycles. The zero-order valence-corrected chi connectivity index (χ0v) is 9.95. The van der Waals surface area contributed by atoms with E-state index in [1.54, 1.807) is 0 Å². The van der Waals surface area contributed by atoms with Gasteiger partial charge in [-0.1, -0.05) is 11.8 Å². The molecule has 0 aliphatic rings. The summed E-state index contributed by atoms with van der Waals surface area (Å²) < 4.78 is 0.905. The summed E-state index contributed by atoms with van der Waals surface area (Å²) in [4.78, 5) is 15.5. The minimum atomic E-state index is -0.0527. The summed E-state index contributed by atoms with van der Waals surface area (Å²) in [6.07, 6.45) is 0.354. The number of carbonyl (C=O) groups excluding carboxylic acids is 1. The van der Waals surface area contributed by atoms with Crippen molar-refractivity contribution in [3.8, 4) is 6.07 Å². The molecule has 0 atom stereocenters. The number of nitriles is 1. The van der Waals surface area contributed by atoms with Crippen molar-refractivity contribution in [1.29, 1.82) is 5.26 Å². The Bertz CT molecular complexity index is 370. The van der Waals surface area contributed by atoms with E-state index in [1.165, 1.54) is 23.1 Å². The fraction of sp³-hybridized carbons (Fsp3) is 0.444.